The van der Waals surface area contributed by atoms with E-state index in [2.05, 4.69) is 200 Å². The minimum Gasteiger partial charge on any atom is -0.329 e. The summed E-state index contributed by atoms with van der Waals surface area (Å²) >= 11 is 0. The lowest BCUT2D eigenvalue weighted by Gasteiger charge is -2.20. The number of aromatic nitrogens is 4. The molecule has 1 aliphatic heterocycles. The molecule has 0 N–H and O–H groups in total. The first-order valence-corrected chi connectivity index (χ1v) is 24.5. The molecule has 6 nitrogen and oxygen atoms in total. The Morgan fingerprint density at radius 3 is 0.969 bits per heavy atom. The Labute approximate surface area is 383 Å². The average Bonchev–Trinajstić information content (AvgIpc) is 3.97. The van der Waals surface area contributed by atoms with Gasteiger partial charge in [-0.25, -0.2) is 8.42 Å². The van der Waals surface area contributed by atoms with Gasteiger partial charge in [-0.1, -0.05) is 107 Å². The number of sulfone groups is 1. The minimum absolute atomic E-state index is 0.0133. The van der Waals surface area contributed by atoms with Gasteiger partial charge in [0.25, 0.3) is 0 Å². The molecule has 5 heterocycles. The molecule has 1 aliphatic rings. The van der Waals surface area contributed by atoms with Crippen LogP contribution >= 0.6 is 0 Å². The van der Waals surface area contributed by atoms with Gasteiger partial charge in [0.05, 0.1) is 31.9 Å². The van der Waals surface area contributed by atoms with Crippen molar-refractivity contribution in [2.45, 2.75) is 115 Å². The van der Waals surface area contributed by atoms with E-state index >= 15 is 0 Å². The topological polar surface area (TPSA) is 53.9 Å². The first kappa shape index (κ1) is 41.6. The molecule has 0 radical (unpaired) electrons. The van der Waals surface area contributed by atoms with E-state index in [0.29, 0.717) is 9.79 Å². The maximum absolute atomic E-state index is 14.5. The number of fused-ring (bicyclic) bond motifs is 13. The van der Waals surface area contributed by atoms with Crippen molar-refractivity contribution in [2.75, 3.05) is 0 Å². The molecule has 0 bridgehead atoms. The maximum atomic E-state index is 14.5. The molecule has 0 aliphatic carbocycles. The van der Waals surface area contributed by atoms with Gasteiger partial charge >= 0.3 is 0 Å². The monoisotopic (exact) mass is 876 g/mol. The number of rotatable bonds is 2. The third-order valence-corrected chi connectivity index (χ3v) is 16.4. The summed E-state index contributed by atoms with van der Waals surface area (Å²) in [7, 11) is 0.540. The van der Waals surface area contributed by atoms with Crippen LogP contribution in [-0.4, -0.2) is 26.7 Å². The third kappa shape index (κ3) is 5.86. The van der Waals surface area contributed by atoms with Crippen LogP contribution in [0.15, 0.2) is 119 Å². The quantitative estimate of drug-likeness (QED) is 0.174. The van der Waals surface area contributed by atoms with E-state index in [4.69, 9.17) is 0 Å². The molecule has 0 atom stereocenters. The summed E-state index contributed by atoms with van der Waals surface area (Å²) in [6, 6.07) is 39.4. The second-order valence-corrected chi connectivity index (χ2v) is 24.9. The Hall–Kier alpha value is -6.05. The molecule has 11 rings (SSSR count). The summed E-state index contributed by atoms with van der Waals surface area (Å²) in [5, 5.41) is 7.28. The molecule has 0 fully saturated rings. The fourth-order valence-corrected chi connectivity index (χ4v) is 12.4. The molecule has 0 saturated heterocycles. The van der Waals surface area contributed by atoms with Crippen LogP contribution in [0, 0.1) is 0 Å². The van der Waals surface area contributed by atoms with Gasteiger partial charge in [0, 0.05) is 68.9 Å². The van der Waals surface area contributed by atoms with Gasteiger partial charge < -0.3 is 9.13 Å². The predicted octanol–water partition coefficient (Wildman–Crippen LogP) is 14.9. The van der Waals surface area contributed by atoms with Crippen molar-refractivity contribution in [3.05, 3.63) is 131 Å². The maximum Gasteiger partial charge on any atom is 0.207 e. The van der Waals surface area contributed by atoms with Crippen molar-refractivity contribution >= 4 is 75.5 Å². The molecule has 0 spiro atoms. The van der Waals surface area contributed by atoms with Gasteiger partial charge in [-0.15, -0.1) is 0 Å². The summed E-state index contributed by atoms with van der Waals surface area (Å²) in [5.74, 6) is 0. The van der Waals surface area contributed by atoms with E-state index in [1.807, 2.05) is 24.3 Å². The molecule has 65 heavy (non-hydrogen) atoms. The van der Waals surface area contributed by atoms with Crippen molar-refractivity contribution in [2.24, 2.45) is 14.1 Å². The number of hydrogen-bond acceptors (Lipinski definition) is 2. The van der Waals surface area contributed by atoms with Gasteiger partial charge in [-0.2, -0.15) is 0 Å². The van der Waals surface area contributed by atoms with E-state index in [1.165, 1.54) is 65.6 Å². The minimum atomic E-state index is -3.77. The van der Waals surface area contributed by atoms with Crippen LogP contribution in [0.1, 0.15) is 105 Å². The lowest BCUT2D eigenvalue weighted by molar-refractivity contribution is 0.590. The number of benzene rings is 6. The second-order valence-electron chi connectivity index (χ2n) is 23.0. The summed E-state index contributed by atoms with van der Waals surface area (Å²) in [6.07, 6.45) is 0. The lowest BCUT2D eigenvalue weighted by atomic mass is 9.85. The zero-order chi connectivity index (χ0) is 46.2. The first-order valence-electron chi connectivity index (χ1n) is 23.1. The van der Waals surface area contributed by atoms with E-state index in [9.17, 15) is 8.42 Å². The van der Waals surface area contributed by atoms with Crippen molar-refractivity contribution in [1.82, 2.24) is 18.3 Å². The normalized spacial score (nSPS) is 14.6. The van der Waals surface area contributed by atoms with Gasteiger partial charge in [0.15, 0.2) is 0 Å². The Bertz CT molecular complexity index is 3590. The van der Waals surface area contributed by atoms with Crippen molar-refractivity contribution in [1.29, 1.82) is 0 Å². The SMILES string of the molecule is Cn1c2ccc(C(C)(C)C)cc2c2c3cc(C(C)(C)C)ccc3n(-c3ccc4c(c3)-c3cc(-n5c6ccc(C(C)(C)C)cc6c6c7cc(C(C)(C)C)ccc7n(C)c65)ccc3S4(=O)=O)c21. The van der Waals surface area contributed by atoms with E-state index in [0.717, 1.165) is 44.8 Å². The number of hydrogen-bond donors (Lipinski definition) is 0. The van der Waals surface area contributed by atoms with Gasteiger partial charge in [-0.3, -0.25) is 9.13 Å². The molecule has 7 heteroatoms. The molecule has 4 aromatic heterocycles. The van der Waals surface area contributed by atoms with E-state index < -0.39 is 9.84 Å². The van der Waals surface area contributed by atoms with E-state index in [-0.39, 0.29) is 21.7 Å². The Balaban J connectivity index is 1.18. The van der Waals surface area contributed by atoms with Crippen molar-refractivity contribution in [3.63, 3.8) is 0 Å². The standard InChI is InChI=1S/C58H60N4O2S/c1-55(2,3)33-15-21-45-41(27-33)51-43-29-35(57(7,8)9)17-23-47(43)61(53(51)59(45)13)37-19-25-49-39(31-37)40-32-38(20-26-50(40)65(49,63)64)62-48-24-18-36(58(10,11)12)30-44(48)52-42-28-34(56(4,5)6)16-22-46(42)60(14)54(52)62/h15-32H,1-14H3. The number of aryl methyl sites for hydroxylation is 2. The van der Waals surface area contributed by atoms with Crippen LogP contribution < -0.4 is 0 Å². The molecular formula is C58H60N4O2S. The highest BCUT2D eigenvalue weighted by atomic mass is 32.2. The van der Waals surface area contributed by atoms with E-state index in [1.54, 1.807) is 0 Å². The Kier molecular flexibility index (Phi) is 8.37. The lowest BCUT2D eigenvalue weighted by Crippen LogP contribution is -2.11. The molecule has 0 amide bonds. The molecule has 0 unspecified atom stereocenters. The Morgan fingerprint density at radius 2 is 0.662 bits per heavy atom. The van der Waals surface area contributed by atoms with Crippen LogP contribution in [0.4, 0.5) is 0 Å². The summed E-state index contributed by atoms with van der Waals surface area (Å²) in [4.78, 5) is 0.694. The van der Waals surface area contributed by atoms with Crippen molar-refractivity contribution < 1.29 is 8.42 Å². The van der Waals surface area contributed by atoms with Gasteiger partial charge in [-0.05, 0) is 129 Å². The largest absolute Gasteiger partial charge is 0.329 e. The number of nitrogens with zero attached hydrogens (tertiary/aromatic N) is 4. The molecule has 330 valence electrons. The average molecular weight is 877 g/mol. The fourth-order valence-electron chi connectivity index (χ4n) is 10.7. The molecule has 0 saturated carbocycles. The molecule has 10 aromatic rings. The predicted molar refractivity (Wildman–Crippen MR) is 274 cm³/mol. The van der Waals surface area contributed by atoms with Gasteiger partial charge in [0.2, 0.25) is 9.84 Å². The van der Waals surface area contributed by atoms with Crippen LogP contribution in [-0.2, 0) is 45.6 Å². The Morgan fingerprint density at radius 1 is 0.369 bits per heavy atom. The molecule has 6 aromatic carbocycles. The second kappa shape index (κ2) is 13.1. The van der Waals surface area contributed by atoms with Gasteiger partial charge in [0.1, 0.15) is 11.3 Å². The fraction of sp³-hybridized carbons (Fsp3) is 0.310. The first-order chi connectivity index (χ1) is 30.4. The molecular weight excluding hydrogens is 817 g/mol. The highest BCUT2D eigenvalue weighted by molar-refractivity contribution is 7.92. The van der Waals surface area contributed by atoms with Crippen molar-refractivity contribution in [3.8, 4) is 22.5 Å². The summed E-state index contributed by atoms with van der Waals surface area (Å²) in [6.45, 7) is 27.2. The summed E-state index contributed by atoms with van der Waals surface area (Å²) < 4.78 is 38.4. The zero-order valence-electron chi connectivity index (χ0n) is 40.4. The smallest absolute Gasteiger partial charge is 0.207 e. The van der Waals surface area contributed by atoms with Crippen LogP contribution in [0.25, 0.3) is 88.2 Å². The highest BCUT2D eigenvalue weighted by Crippen LogP contribution is 2.49. The van der Waals surface area contributed by atoms with Crippen LogP contribution in [0.5, 0.6) is 0 Å². The summed E-state index contributed by atoms with van der Waals surface area (Å²) in [5.41, 5.74) is 15.0. The van der Waals surface area contributed by atoms with Crippen LogP contribution in [0.2, 0.25) is 0 Å². The zero-order valence-corrected chi connectivity index (χ0v) is 41.2. The van der Waals surface area contributed by atoms with Crippen LogP contribution in [0.3, 0.4) is 0 Å². The third-order valence-electron chi connectivity index (χ3n) is 14.6. The highest BCUT2D eigenvalue weighted by Gasteiger charge is 2.35.